The highest BCUT2D eigenvalue weighted by Crippen LogP contribution is 2.27. The molecule has 0 amide bonds. The molecule has 6 nitrogen and oxygen atoms in total. The van der Waals surface area contributed by atoms with Crippen LogP contribution in [-0.4, -0.2) is 56.0 Å². The van der Waals surface area contributed by atoms with Gasteiger partial charge < -0.3 is 19.3 Å². The van der Waals surface area contributed by atoms with Crippen molar-refractivity contribution in [2.24, 2.45) is 0 Å². The van der Waals surface area contributed by atoms with Gasteiger partial charge in [0.25, 0.3) is 0 Å². The third-order valence-electron chi connectivity index (χ3n) is 4.61. The highest BCUT2D eigenvalue weighted by molar-refractivity contribution is 6.30. The lowest BCUT2D eigenvalue weighted by Crippen LogP contribution is -2.39. The van der Waals surface area contributed by atoms with Gasteiger partial charge in [0, 0.05) is 37.3 Å². The molecular weight excluding hydrogens is 340 g/mol. The van der Waals surface area contributed by atoms with Crippen molar-refractivity contribution in [3.8, 4) is 0 Å². The molecule has 2 aromatic rings. The van der Waals surface area contributed by atoms with Crippen LogP contribution < -0.4 is 9.80 Å². The first-order chi connectivity index (χ1) is 12.3. The first kappa shape index (κ1) is 16.6. The summed E-state index contributed by atoms with van der Waals surface area (Å²) in [5, 5.41) is 0.738. The minimum atomic E-state index is 0.0211. The Bertz CT molecular complexity index is 706. The summed E-state index contributed by atoms with van der Waals surface area (Å²) in [6.45, 7) is 5.49. The zero-order valence-electron chi connectivity index (χ0n) is 14.0. The topological polar surface area (TPSA) is 50.7 Å². The van der Waals surface area contributed by atoms with Crippen molar-refractivity contribution < 1.29 is 9.47 Å². The van der Waals surface area contributed by atoms with Crippen LogP contribution in [0.1, 0.15) is 11.7 Å². The van der Waals surface area contributed by atoms with Gasteiger partial charge in [0.15, 0.2) is 0 Å². The van der Waals surface area contributed by atoms with Crippen LogP contribution in [0.5, 0.6) is 0 Å². The van der Waals surface area contributed by atoms with Gasteiger partial charge in [-0.3, -0.25) is 0 Å². The van der Waals surface area contributed by atoms with Gasteiger partial charge in [0.2, 0.25) is 0 Å². The Hall–Kier alpha value is -1.89. The summed E-state index contributed by atoms with van der Waals surface area (Å²) < 4.78 is 11.4. The lowest BCUT2D eigenvalue weighted by atomic mass is 10.1. The number of ether oxygens (including phenoxy) is 2. The third-order valence-corrected chi connectivity index (χ3v) is 4.86. The smallest absolute Gasteiger partial charge is 0.134 e. The number of benzene rings is 1. The van der Waals surface area contributed by atoms with E-state index < -0.39 is 0 Å². The van der Waals surface area contributed by atoms with Gasteiger partial charge in [-0.2, -0.15) is 0 Å². The monoisotopic (exact) mass is 360 g/mol. The highest BCUT2D eigenvalue weighted by atomic mass is 35.5. The van der Waals surface area contributed by atoms with Crippen molar-refractivity contribution in [2.75, 3.05) is 55.8 Å². The van der Waals surface area contributed by atoms with E-state index in [1.54, 1.807) is 6.33 Å². The van der Waals surface area contributed by atoms with Gasteiger partial charge in [-0.15, -0.1) is 0 Å². The molecule has 1 aromatic heterocycles. The summed E-state index contributed by atoms with van der Waals surface area (Å²) >= 11 is 5.98. The molecule has 132 valence electrons. The summed E-state index contributed by atoms with van der Waals surface area (Å²) in [4.78, 5) is 13.4. The van der Waals surface area contributed by atoms with E-state index in [9.17, 15) is 0 Å². The summed E-state index contributed by atoms with van der Waals surface area (Å²) in [6.07, 6.45) is 1.67. The maximum atomic E-state index is 5.98. The number of hydrogen-bond acceptors (Lipinski definition) is 6. The van der Waals surface area contributed by atoms with Crippen molar-refractivity contribution in [1.29, 1.82) is 0 Å². The van der Waals surface area contributed by atoms with Gasteiger partial charge in [-0.05, 0) is 17.7 Å². The van der Waals surface area contributed by atoms with Gasteiger partial charge in [-0.25, -0.2) is 9.97 Å². The zero-order chi connectivity index (χ0) is 17.1. The average Bonchev–Trinajstić information content (AvgIpc) is 2.69. The van der Waals surface area contributed by atoms with Gasteiger partial charge in [0.05, 0.1) is 19.8 Å². The number of rotatable bonds is 3. The Morgan fingerprint density at radius 3 is 2.36 bits per heavy atom. The van der Waals surface area contributed by atoms with Gasteiger partial charge in [-0.1, -0.05) is 23.7 Å². The van der Waals surface area contributed by atoms with Crippen LogP contribution in [0.15, 0.2) is 36.7 Å². The number of aromatic nitrogens is 2. The molecule has 1 atom stereocenters. The quantitative estimate of drug-likeness (QED) is 0.838. The van der Waals surface area contributed by atoms with Gasteiger partial charge in [0.1, 0.15) is 24.1 Å². The molecule has 25 heavy (non-hydrogen) atoms. The molecule has 0 N–H and O–H groups in total. The van der Waals surface area contributed by atoms with Gasteiger partial charge >= 0.3 is 0 Å². The van der Waals surface area contributed by atoms with Crippen LogP contribution in [0, 0.1) is 0 Å². The largest absolute Gasteiger partial charge is 0.378 e. The summed E-state index contributed by atoms with van der Waals surface area (Å²) in [5.41, 5.74) is 1.14. The summed E-state index contributed by atoms with van der Waals surface area (Å²) in [5.74, 6) is 1.90. The Kier molecular flexibility index (Phi) is 5.01. The van der Waals surface area contributed by atoms with E-state index in [2.05, 4.69) is 25.8 Å². The zero-order valence-corrected chi connectivity index (χ0v) is 14.7. The number of hydrogen-bond donors (Lipinski definition) is 0. The van der Waals surface area contributed by atoms with E-state index in [0.717, 1.165) is 61.6 Å². The molecule has 2 fully saturated rings. The van der Waals surface area contributed by atoms with E-state index in [4.69, 9.17) is 21.1 Å². The molecule has 0 spiro atoms. The molecule has 4 rings (SSSR count). The van der Waals surface area contributed by atoms with Crippen LogP contribution >= 0.6 is 11.6 Å². The first-order valence-electron chi connectivity index (χ1n) is 8.56. The van der Waals surface area contributed by atoms with Crippen molar-refractivity contribution in [3.63, 3.8) is 0 Å². The molecule has 2 aliphatic heterocycles. The minimum Gasteiger partial charge on any atom is -0.378 e. The van der Waals surface area contributed by atoms with E-state index >= 15 is 0 Å². The molecule has 1 unspecified atom stereocenters. The van der Waals surface area contributed by atoms with Crippen LogP contribution in [0.4, 0.5) is 11.6 Å². The lowest BCUT2D eigenvalue weighted by Gasteiger charge is -2.34. The Labute approximate surface area is 152 Å². The normalized spacial score (nSPS) is 21.4. The Balaban J connectivity index is 1.50. The number of morpholine rings is 2. The molecule has 1 aromatic carbocycles. The number of anilines is 2. The van der Waals surface area contributed by atoms with Crippen molar-refractivity contribution in [3.05, 3.63) is 47.2 Å². The number of nitrogens with zero attached hydrogens (tertiary/aromatic N) is 4. The summed E-state index contributed by atoms with van der Waals surface area (Å²) in [7, 11) is 0. The van der Waals surface area contributed by atoms with Crippen molar-refractivity contribution in [2.45, 2.75) is 6.10 Å². The first-order valence-corrected chi connectivity index (χ1v) is 8.94. The Morgan fingerprint density at radius 2 is 1.60 bits per heavy atom. The second-order valence-electron chi connectivity index (χ2n) is 6.19. The van der Waals surface area contributed by atoms with E-state index in [1.807, 2.05) is 24.3 Å². The molecule has 0 radical (unpaired) electrons. The third kappa shape index (κ3) is 3.86. The molecule has 2 saturated heterocycles. The Morgan fingerprint density at radius 1 is 0.920 bits per heavy atom. The lowest BCUT2D eigenvalue weighted by molar-refractivity contribution is 0.0395. The molecule has 3 heterocycles. The predicted molar refractivity (Wildman–Crippen MR) is 97.4 cm³/mol. The summed E-state index contributed by atoms with van der Waals surface area (Å²) in [6, 6.07) is 9.92. The van der Waals surface area contributed by atoms with E-state index in [0.29, 0.717) is 6.61 Å². The predicted octanol–water partition coefficient (Wildman–Crippen LogP) is 2.54. The maximum Gasteiger partial charge on any atom is 0.134 e. The molecular formula is C18H21ClN4O2. The standard InChI is InChI=1S/C18H21ClN4O2/c19-15-3-1-14(2-4-15)16-12-23(7-10-25-16)18-11-17(20-13-21-18)22-5-8-24-9-6-22/h1-4,11,13,16H,5-10,12H2. The maximum absolute atomic E-state index is 5.98. The fourth-order valence-corrected chi connectivity index (χ4v) is 3.34. The van der Waals surface area contributed by atoms with Crippen LogP contribution in [0.3, 0.4) is 0 Å². The molecule has 2 aliphatic rings. The van der Waals surface area contributed by atoms with Crippen LogP contribution in [0.25, 0.3) is 0 Å². The minimum absolute atomic E-state index is 0.0211. The SMILES string of the molecule is Clc1ccc(C2CN(c3cc(N4CCOCC4)ncn3)CCO2)cc1. The van der Waals surface area contributed by atoms with E-state index in [-0.39, 0.29) is 6.10 Å². The van der Waals surface area contributed by atoms with Crippen LogP contribution in [0.2, 0.25) is 5.02 Å². The van der Waals surface area contributed by atoms with E-state index in [1.165, 1.54) is 0 Å². The second-order valence-corrected chi connectivity index (χ2v) is 6.63. The average molecular weight is 361 g/mol. The molecule has 7 heteroatoms. The highest BCUT2D eigenvalue weighted by Gasteiger charge is 2.24. The molecule has 0 aliphatic carbocycles. The molecule has 0 saturated carbocycles. The fourth-order valence-electron chi connectivity index (χ4n) is 3.21. The second kappa shape index (κ2) is 7.56. The van der Waals surface area contributed by atoms with Crippen molar-refractivity contribution in [1.82, 2.24) is 9.97 Å². The number of halogens is 1. The van der Waals surface area contributed by atoms with Crippen LogP contribution in [-0.2, 0) is 9.47 Å². The van der Waals surface area contributed by atoms with Crippen molar-refractivity contribution >= 4 is 23.2 Å². The fraction of sp³-hybridized carbons (Fsp3) is 0.444. The molecule has 0 bridgehead atoms.